The second-order valence-corrected chi connectivity index (χ2v) is 2.93. The maximum atomic E-state index is 10.6. The van der Waals surface area contributed by atoms with Gasteiger partial charge in [0.2, 0.25) is 12.2 Å². The highest BCUT2D eigenvalue weighted by atomic mass is 16.4. The molecule has 5 heteroatoms. The number of rotatable bonds is 3. The van der Waals surface area contributed by atoms with Crippen LogP contribution in [0.5, 0.6) is 0 Å². The fourth-order valence-corrected chi connectivity index (χ4v) is 1.31. The van der Waals surface area contributed by atoms with E-state index in [1.54, 1.807) is 18.2 Å². The molecule has 0 unspecified atom stereocenters. The Labute approximate surface area is 84.3 Å². The molecule has 1 heterocycles. The lowest BCUT2D eigenvalue weighted by Gasteiger charge is -1.96. The summed E-state index contributed by atoms with van der Waals surface area (Å²) in [4.78, 5) is 20.8. The van der Waals surface area contributed by atoms with Gasteiger partial charge in [-0.25, -0.2) is 4.79 Å². The summed E-state index contributed by atoms with van der Waals surface area (Å²) in [6.45, 7) is 0. The lowest BCUT2D eigenvalue weighted by molar-refractivity contribution is -0.105. The third-order valence-corrected chi connectivity index (χ3v) is 1.95. The molecule has 0 saturated carbocycles. The number of furan rings is 1. The van der Waals surface area contributed by atoms with Crippen molar-refractivity contribution in [2.75, 3.05) is 5.32 Å². The zero-order valence-corrected chi connectivity index (χ0v) is 7.56. The number of carboxylic acids is 1. The number of carboxylic acid groups (broad SMARTS) is 1. The lowest BCUT2D eigenvalue weighted by atomic mass is 10.2. The van der Waals surface area contributed by atoms with Crippen molar-refractivity contribution >= 4 is 29.0 Å². The van der Waals surface area contributed by atoms with Crippen molar-refractivity contribution in [2.45, 2.75) is 0 Å². The number of fused-ring (bicyclic) bond motifs is 1. The summed E-state index contributed by atoms with van der Waals surface area (Å²) >= 11 is 0. The number of amides is 1. The summed E-state index contributed by atoms with van der Waals surface area (Å²) in [6, 6.07) is 6.28. The van der Waals surface area contributed by atoms with Gasteiger partial charge in [0.05, 0.1) is 0 Å². The van der Waals surface area contributed by atoms with Crippen molar-refractivity contribution in [1.82, 2.24) is 0 Å². The van der Waals surface area contributed by atoms with Gasteiger partial charge >= 0.3 is 5.97 Å². The number of hydrogen-bond donors (Lipinski definition) is 2. The van der Waals surface area contributed by atoms with E-state index in [1.807, 2.05) is 0 Å². The number of carbonyl (C=O) groups is 2. The second kappa shape index (κ2) is 3.45. The monoisotopic (exact) mass is 205 g/mol. The van der Waals surface area contributed by atoms with Crippen LogP contribution in [0.25, 0.3) is 11.0 Å². The average Bonchev–Trinajstić information content (AvgIpc) is 2.61. The van der Waals surface area contributed by atoms with Crippen LogP contribution in [0.1, 0.15) is 10.6 Å². The second-order valence-electron chi connectivity index (χ2n) is 2.93. The fraction of sp³-hybridized carbons (Fsp3) is 0. The largest absolute Gasteiger partial charge is 0.475 e. The number of benzene rings is 1. The van der Waals surface area contributed by atoms with Crippen LogP contribution in [0.15, 0.2) is 28.7 Å². The van der Waals surface area contributed by atoms with Gasteiger partial charge in [-0.3, -0.25) is 4.79 Å². The number of carbonyl (C=O) groups excluding carboxylic acids is 1. The highest BCUT2D eigenvalue weighted by molar-refractivity contribution is 5.93. The summed E-state index contributed by atoms with van der Waals surface area (Å²) in [5, 5.41) is 11.8. The molecule has 15 heavy (non-hydrogen) atoms. The van der Waals surface area contributed by atoms with E-state index in [9.17, 15) is 9.59 Å². The first-order chi connectivity index (χ1) is 7.20. The molecule has 0 aliphatic heterocycles. The summed E-state index contributed by atoms with van der Waals surface area (Å²) in [6.07, 6.45) is 0.555. The van der Waals surface area contributed by atoms with Crippen LogP contribution >= 0.6 is 0 Å². The standard InChI is InChI=1S/C10H7NO4/c12-5-11-7-1-2-8-6(3-7)4-9(15-8)10(13)14/h1-5H,(H,11,12)(H,13,14). The summed E-state index contributed by atoms with van der Waals surface area (Å²) in [5.41, 5.74) is 1.07. The molecule has 0 fully saturated rings. The highest BCUT2D eigenvalue weighted by Crippen LogP contribution is 2.22. The first kappa shape index (κ1) is 9.26. The molecule has 2 N–H and O–H groups in total. The summed E-state index contributed by atoms with van der Waals surface area (Å²) < 4.78 is 5.05. The molecular weight excluding hydrogens is 198 g/mol. The average molecular weight is 205 g/mol. The quantitative estimate of drug-likeness (QED) is 0.747. The van der Waals surface area contributed by atoms with Crippen LogP contribution in [0, 0.1) is 0 Å². The van der Waals surface area contributed by atoms with Crippen LogP contribution in [0.3, 0.4) is 0 Å². The van der Waals surface area contributed by atoms with Gasteiger partial charge in [-0.15, -0.1) is 0 Å². The molecular formula is C10H7NO4. The third-order valence-electron chi connectivity index (χ3n) is 1.95. The van der Waals surface area contributed by atoms with Gasteiger partial charge in [-0.2, -0.15) is 0 Å². The fourth-order valence-electron chi connectivity index (χ4n) is 1.31. The summed E-state index contributed by atoms with van der Waals surface area (Å²) in [5.74, 6) is -1.23. The van der Waals surface area contributed by atoms with E-state index in [0.717, 1.165) is 0 Å². The maximum absolute atomic E-state index is 10.6. The number of nitrogens with one attached hydrogen (secondary N) is 1. The Morgan fingerprint density at radius 3 is 2.87 bits per heavy atom. The molecule has 0 spiro atoms. The topological polar surface area (TPSA) is 79.5 Å². The van der Waals surface area contributed by atoms with Crippen molar-refractivity contribution in [1.29, 1.82) is 0 Å². The van der Waals surface area contributed by atoms with Crippen molar-refractivity contribution in [2.24, 2.45) is 0 Å². The summed E-state index contributed by atoms with van der Waals surface area (Å²) in [7, 11) is 0. The Morgan fingerprint density at radius 2 is 2.20 bits per heavy atom. The van der Waals surface area contributed by atoms with Gasteiger partial charge in [0.1, 0.15) is 5.58 Å². The number of aromatic carboxylic acids is 1. The zero-order chi connectivity index (χ0) is 10.8. The lowest BCUT2D eigenvalue weighted by Crippen LogP contribution is -1.92. The smallest absolute Gasteiger partial charge is 0.371 e. The Balaban J connectivity index is 2.51. The predicted octanol–water partition coefficient (Wildman–Crippen LogP) is 1.70. The highest BCUT2D eigenvalue weighted by Gasteiger charge is 2.10. The van der Waals surface area contributed by atoms with E-state index in [2.05, 4.69) is 5.32 Å². The molecule has 76 valence electrons. The molecule has 5 nitrogen and oxygen atoms in total. The normalized spacial score (nSPS) is 10.1. The molecule has 0 radical (unpaired) electrons. The van der Waals surface area contributed by atoms with E-state index in [1.165, 1.54) is 6.07 Å². The molecule has 1 amide bonds. The van der Waals surface area contributed by atoms with Crippen molar-refractivity contribution < 1.29 is 19.1 Å². The predicted molar refractivity (Wildman–Crippen MR) is 52.9 cm³/mol. The van der Waals surface area contributed by atoms with Crippen LogP contribution < -0.4 is 5.32 Å². The molecule has 0 aliphatic rings. The molecule has 2 aromatic rings. The van der Waals surface area contributed by atoms with Crippen molar-refractivity contribution in [3.8, 4) is 0 Å². The maximum Gasteiger partial charge on any atom is 0.371 e. The van der Waals surface area contributed by atoms with Gasteiger partial charge in [-0.1, -0.05) is 0 Å². The third kappa shape index (κ3) is 1.67. The van der Waals surface area contributed by atoms with Crippen LogP contribution in [0.2, 0.25) is 0 Å². The molecule has 0 saturated heterocycles. The Morgan fingerprint density at radius 1 is 1.40 bits per heavy atom. The Kier molecular flexibility index (Phi) is 2.13. The van der Waals surface area contributed by atoms with Crippen LogP contribution in [0.4, 0.5) is 5.69 Å². The minimum absolute atomic E-state index is 0.117. The minimum atomic E-state index is -1.11. The van der Waals surface area contributed by atoms with Gasteiger partial charge in [0.25, 0.3) is 0 Å². The Hall–Kier alpha value is -2.30. The van der Waals surface area contributed by atoms with E-state index >= 15 is 0 Å². The molecule has 1 aromatic heterocycles. The first-order valence-corrected chi connectivity index (χ1v) is 4.18. The van der Waals surface area contributed by atoms with Crippen LogP contribution in [-0.2, 0) is 4.79 Å². The van der Waals surface area contributed by atoms with Crippen molar-refractivity contribution in [3.63, 3.8) is 0 Å². The SMILES string of the molecule is O=CNc1ccc2oc(C(=O)O)cc2c1. The number of hydrogen-bond acceptors (Lipinski definition) is 3. The van der Waals surface area contributed by atoms with Gasteiger partial charge in [0, 0.05) is 11.1 Å². The number of anilines is 1. The van der Waals surface area contributed by atoms with E-state index in [4.69, 9.17) is 9.52 Å². The zero-order valence-electron chi connectivity index (χ0n) is 7.56. The van der Waals surface area contributed by atoms with Gasteiger partial charge in [-0.05, 0) is 24.3 Å². The van der Waals surface area contributed by atoms with Crippen LogP contribution in [-0.4, -0.2) is 17.5 Å². The van der Waals surface area contributed by atoms with Crippen molar-refractivity contribution in [3.05, 3.63) is 30.0 Å². The molecule has 0 atom stereocenters. The van der Waals surface area contributed by atoms with E-state index < -0.39 is 5.97 Å². The molecule has 0 aliphatic carbocycles. The van der Waals surface area contributed by atoms with E-state index in [0.29, 0.717) is 23.1 Å². The molecule has 2 rings (SSSR count). The van der Waals surface area contributed by atoms with Gasteiger partial charge in [0.15, 0.2) is 0 Å². The van der Waals surface area contributed by atoms with E-state index in [-0.39, 0.29) is 5.76 Å². The Bertz CT molecular complexity index is 529. The minimum Gasteiger partial charge on any atom is -0.475 e. The van der Waals surface area contributed by atoms with Gasteiger partial charge < -0.3 is 14.8 Å². The molecule has 1 aromatic carbocycles. The molecule has 0 bridgehead atoms. The first-order valence-electron chi connectivity index (χ1n) is 4.18.